The van der Waals surface area contributed by atoms with Crippen molar-refractivity contribution in [1.29, 1.82) is 0 Å². The molecule has 2 amide bonds. The van der Waals surface area contributed by atoms with E-state index >= 15 is 0 Å². The monoisotopic (exact) mass is 522 g/mol. The van der Waals surface area contributed by atoms with E-state index in [0.717, 1.165) is 11.1 Å². The molecule has 0 saturated carbocycles. The molecule has 0 aliphatic carbocycles. The third-order valence-corrected chi connectivity index (χ3v) is 6.95. The molecule has 4 atom stereocenters. The second-order valence-electron chi connectivity index (χ2n) is 9.43. The zero-order valence-corrected chi connectivity index (χ0v) is 22.7. The molecule has 3 rings (SSSR count). The molecule has 8 heteroatoms. The Morgan fingerprint density at radius 1 is 0.684 bits per heavy atom. The highest BCUT2D eigenvalue weighted by Gasteiger charge is 2.50. The van der Waals surface area contributed by atoms with E-state index in [4.69, 9.17) is 9.47 Å². The number of carbonyl (C=O) groups excluding carboxylic acids is 4. The molecule has 0 aromatic heterocycles. The first-order valence-electron chi connectivity index (χ1n) is 13.4. The molecule has 1 aliphatic rings. The number of aryl methyl sites for hydroxylation is 2. The lowest BCUT2D eigenvalue weighted by Crippen LogP contribution is -2.69. The van der Waals surface area contributed by atoms with Crippen LogP contribution in [0.2, 0.25) is 0 Å². The maximum atomic E-state index is 13.8. The van der Waals surface area contributed by atoms with Gasteiger partial charge in [-0.15, -0.1) is 0 Å². The SMILES string of the molecule is CCOC(=O)[C@@H](CCc1ccccc1)N1C(=O)[C@H](C)N([C@H](CCc2ccccc2)C(=O)OCC)C(=O)[C@@H]1C. The Morgan fingerprint density at radius 3 is 1.34 bits per heavy atom. The number of esters is 2. The van der Waals surface area contributed by atoms with E-state index in [1.807, 2.05) is 60.7 Å². The molecular formula is C30H38N2O6. The summed E-state index contributed by atoms with van der Waals surface area (Å²) in [5, 5.41) is 0. The maximum absolute atomic E-state index is 13.8. The highest BCUT2D eigenvalue weighted by atomic mass is 16.5. The summed E-state index contributed by atoms with van der Waals surface area (Å²) in [6.45, 7) is 6.95. The van der Waals surface area contributed by atoms with Crippen molar-refractivity contribution in [2.45, 2.75) is 77.5 Å². The average Bonchev–Trinajstić information content (AvgIpc) is 2.92. The summed E-state index contributed by atoms with van der Waals surface area (Å²) in [4.78, 5) is 56.3. The molecule has 38 heavy (non-hydrogen) atoms. The summed E-state index contributed by atoms with van der Waals surface area (Å²) < 4.78 is 10.6. The molecule has 8 nitrogen and oxygen atoms in total. The third-order valence-electron chi connectivity index (χ3n) is 6.95. The van der Waals surface area contributed by atoms with Crippen molar-refractivity contribution < 1.29 is 28.7 Å². The van der Waals surface area contributed by atoms with Crippen LogP contribution in [-0.4, -0.2) is 70.9 Å². The van der Waals surface area contributed by atoms with Crippen LogP contribution in [0.25, 0.3) is 0 Å². The van der Waals surface area contributed by atoms with Gasteiger partial charge in [-0.2, -0.15) is 0 Å². The standard InChI is InChI=1S/C30H38N2O6/c1-5-37-29(35)25(19-17-23-13-9-7-10-14-23)31-21(3)28(34)32(22(4)27(31)33)26(30(36)38-6-2)20-18-24-15-11-8-12-16-24/h7-16,21-22,25-26H,5-6,17-20H2,1-4H3/t21-,22-,25+,26+/m0/s1. The van der Waals surface area contributed by atoms with Gasteiger partial charge in [0.1, 0.15) is 24.2 Å². The van der Waals surface area contributed by atoms with Gasteiger partial charge in [0.2, 0.25) is 11.8 Å². The van der Waals surface area contributed by atoms with E-state index in [2.05, 4.69) is 0 Å². The summed E-state index contributed by atoms with van der Waals surface area (Å²) in [6.07, 6.45) is 1.70. The molecule has 1 fully saturated rings. The summed E-state index contributed by atoms with van der Waals surface area (Å²) in [6, 6.07) is 15.6. The number of hydrogen-bond acceptors (Lipinski definition) is 6. The van der Waals surface area contributed by atoms with Gasteiger partial charge >= 0.3 is 11.9 Å². The fourth-order valence-electron chi connectivity index (χ4n) is 5.01. The molecule has 1 aliphatic heterocycles. The van der Waals surface area contributed by atoms with Gasteiger partial charge in [-0.1, -0.05) is 60.7 Å². The molecule has 0 spiro atoms. The molecule has 1 heterocycles. The van der Waals surface area contributed by atoms with Crippen LogP contribution < -0.4 is 0 Å². The fraction of sp³-hybridized carbons (Fsp3) is 0.467. The van der Waals surface area contributed by atoms with Gasteiger partial charge in [-0.3, -0.25) is 9.59 Å². The van der Waals surface area contributed by atoms with Crippen molar-refractivity contribution in [3.05, 3.63) is 71.8 Å². The first kappa shape index (κ1) is 28.9. The van der Waals surface area contributed by atoms with Crippen LogP contribution in [0.4, 0.5) is 0 Å². The number of rotatable bonds is 12. The van der Waals surface area contributed by atoms with Crippen LogP contribution in [0.1, 0.15) is 51.7 Å². The van der Waals surface area contributed by atoms with Gasteiger partial charge in [0.05, 0.1) is 13.2 Å². The Morgan fingerprint density at radius 2 is 1.03 bits per heavy atom. The summed E-state index contributed by atoms with van der Waals surface area (Å²) in [7, 11) is 0. The second kappa shape index (κ2) is 13.7. The summed E-state index contributed by atoms with van der Waals surface area (Å²) >= 11 is 0. The van der Waals surface area contributed by atoms with Crippen molar-refractivity contribution in [3.63, 3.8) is 0 Å². The van der Waals surface area contributed by atoms with Crippen LogP contribution in [-0.2, 0) is 41.5 Å². The highest BCUT2D eigenvalue weighted by Crippen LogP contribution is 2.27. The summed E-state index contributed by atoms with van der Waals surface area (Å²) in [5.74, 6) is -1.86. The summed E-state index contributed by atoms with van der Waals surface area (Å²) in [5.41, 5.74) is 2.03. The second-order valence-corrected chi connectivity index (χ2v) is 9.43. The number of ether oxygens (including phenoxy) is 2. The molecule has 1 saturated heterocycles. The number of carbonyl (C=O) groups is 4. The minimum atomic E-state index is -0.947. The molecule has 0 radical (unpaired) electrons. The number of amides is 2. The molecule has 0 bridgehead atoms. The smallest absolute Gasteiger partial charge is 0.328 e. The fourth-order valence-corrected chi connectivity index (χ4v) is 5.01. The molecule has 2 aromatic rings. The van der Waals surface area contributed by atoms with Crippen molar-refractivity contribution in [2.75, 3.05) is 13.2 Å². The third kappa shape index (κ3) is 6.79. The van der Waals surface area contributed by atoms with Crippen LogP contribution in [0.15, 0.2) is 60.7 Å². The van der Waals surface area contributed by atoms with E-state index in [0.29, 0.717) is 25.7 Å². The Hall–Kier alpha value is -3.68. The highest BCUT2D eigenvalue weighted by molar-refractivity contribution is 6.00. The van der Waals surface area contributed by atoms with Crippen LogP contribution in [0.5, 0.6) is 0 Å². The number of hydrogen-bond donors (Lipinski definition) is 0. The normalized spacial score (nSPS) is 19.2. The van der Waals surface area contributed by atoms with Gasteiger partial charge in [0, 0.05) is 0 Å². The molecule has 0 N–H and O–H groups in total. The quantitative estimate of drug-likeness (QED) is 0.396. The minimum absolute atomic E-state index is 0.164. The Balaban J connectivity index is 1.87. The Labute approximate surface area is 224 Å². The van der Waals surface area contributed by atoms with Gasteiger partial charge in [-0.25, -0.2) is 9.59 Å². The lowest BCUT2D eigenvalue weighted by molar-refractivity contribution is -0.176. The number of nitrogens with zero attached hydrogens (tertiary/aromatic N) is 2. The van der Waals surface area contributed by atoms with E-state index in [1.165, 1.54) is 9.80 Å². The van der Waals surface area contributed by atoms with Gasteiger partial charge in [-0.05, 0) is 64.5 Å². The predicted octanol–water partition coefficient (Wildman–Crippen LogP) is 3.56. The van der Waals surface area contributed by atoms with E-state index in [9.17, 15) is 19.2 Å². The van der Waals surface area contributed by atoms with Crippen molar-refractivity contribution >= 4 is 23.8 Å². The first-order chi connectivity index (χ1) is 18.3. The van der Waals surface area contributed by atoms with E-state index in [-0.39, 0.29) is 13.2 Å². The Kier molecular flexibility index (Phi) is 10.4. The molecule has 204 valence electrons. The van der Waals surface area contributed by atoms with Crippen molar-refractivity contribution in [2.24, 2.45) is 0 Å². The first-order valence-corrected chi connectivity index (χ1v) is 13.4. The average molecular weight is 523 g/mol. The predicted molar refractivity (Wildman–Crippen MR) is 143 cm³/mol. The molecule has 2 aromatic carbocycles. The molecule has 0 unspecified atom stereocenters. The zero-order chi connectivity index (χ0) is 27.7. The maximum Gasteiger partial charge on any atom is 0.328 e. The van der Waals surface area contributed by atoms with Crippen LogP contribution in [0.3, 0.4) is 0 Å². The number of piperazine rings is 1. The van der Waals surface area contributed by atoms with E-state index < -0.39 is 47.9 Å². The molecular weight excluding hydrogens is 484 g/mol. The van der Waals surface area contributed by atoms with E-state index in [1.54, 1.807) is 27.7 Å². The van der Waals surface area contributed by atoms with Crippen LogP contribution >= 0.6 is 0 Å². The number of benzene rings is 2. The van der Waals surface area contributed by atoms with Crippen molar-refractivity contribution in [1.82, 2.24) is 9.80 Å². The van der Waals surface area contributed by atoms with Crippen LogP contribution in [0, 0.1) is 0 Å². The lowest BCUT2D eigenvalue weighted by atomic mass is 9.95. The topological polar surface area (TPSA) is 93.2 Å². The lowest BCUT2D eigenvalue weighted by Gasteiger charge is -2.47. The Bertz CT molecular complexity index is 1000. The van der Waals surface area contributed by atoms with Gasteiger partial charge < -0.3 is 19.3 Å². The van der Waals surface area contributed by atoms with Gasteiger partial charge in [0.15, 0.2) is 0 Å². The van der Waals surface area contributed by atoms with Crippen molar-refractivity contribution in [3.8, 4) is 0 Å². The van der Waals surface area contributed by atoms with Gasteiger partial charge in [0.25, 0.3) is 0 Å². The zero-order valence-electron chi connectivity index (χ0n) is 22.7. The largest absolute Gasteiger partial charge is 0.464 e. The minimum Gasteiger partial charge on any atom is -0.464 e.